The number of ether oxygens (including phenoxy) is 1. The van der Waals surface area contributed by atoms with Crippen LogP contribution < -0.4 is 10.6 Å². The van der Waals surface area contributed by atoms with E-state index in [0.29, 0.717) is 24.3 Å². The second-order valence-electron chi connectivity index (χ2n) is 6.93. The summed E-state index contributed by atoms with van der Waals surface area (Å²) in [6.45, 7) is 0.534. The van der Waals surface area contributed by atoms with Crippen molar-refractivity contribution in [3.8, 4) is 0 Å². The molecule has 0 aromatic heterocycles. The van der Waals surface area contributed by atoms with Crippen molar-refractivity contribution < 1.29 is 14.3 Å². The van der Waals surface area contributed by atoms with Crippen LogP contribution in [0.2, 0.25) is 0 Å². The Morgan fingerprint density at radius 1 is 0.962 bits per heavy atom. The summed E-state index contributed by atoms with van der Waals surface area (Å²) in [5.74, 6) is 0.856. The first-order chi connectivity index (χ1) is 12.7. The lowest BCUT2D eigenvalue weighted by molar-refractivity contribution is -0.120. The van der Waals surface area contributed by atoms with E-state index in [1.165, 1.54) is 29.4 Å². The molecule has 0 fully saturated rings. The Morgan fingerprint density at radius 3 is 2.12 bits per heavy atom. The number of carbonyl (C=O) groups is 2. The minimum Gasteiger partial charge on any atom is -0.453 e. The second-order valence-corrected chi connectivity index (χ2v) is 6.93. The summed E-state index contributed by atoms with van der Waals surface area (Å²) in [5, 5.41) is 5.38. The first kappa shape index (κ1) is 16.6. The molecule has 3 aliphatic carbocycles. The fourth-order valence-electron chi connectivity index (χ4n) is 4.49. The molecule has 5 nitrogen and oxygen atoms in total. The number of fused-ring (bicyclic) bond motifs is 1. The Labute approximate surface area is 152 Å². The van der Waals surface area contributed by atoms with Crippen LogP contribution in [0.1, 0.15) is 40.5 Å². The highest BCUT2D eigenvalue weighted by molar-refractivity contribution is 5.82. The molecule has 1 atom stereocenters. The van der Waals surface area contributed by atoms with E-state index < -0.39 is 6.09 Å². The fraction of sp³-hybridized carbons (Fsp3) is 0.333. The molecule has 0 saturated heterocycles. The van der Waals surface area contributed by atoms with Crippen LogP contribution in [0.15, 0.2) is 48.5 Å². The van der Waals surface area contributed by atoms with Crippen molar-refractivity contribution in [3.05, 3.63) is 70.8 Å². The maximum atomic E-state index is 12.0. The number of amides is 2. The summed E-state index contributed by atoms with van der Waals surface area (Å²) < 4.78 is 4.48. The van der Waals surface area contributed by atoms with Gasteiger partial charge in [-0.1, -0.05) is 48.5 Å². The van der Waals surface area contributed by atoms with Crippen molar-refractivity contribution in [2.75, 3.05) is 20.2 Å². The third kappa shape index (κ3) is 2.83. The molecular weight excluding hydrogens is 328 g/mol. The highest BCUT2D eigenvalue weighted by Crippen LogP contribution is 2.54. The molecular formula is C21H22N2O3. The van der Waals surface area contributed by atoms with Crippen LogP contribution in [0, 0.1) is 5.92 Å². The first-order valence-corrected chi connectivity index (χ1v) is 8.95. The van der Waals surface area contributed by atoms with Gasteiger partial charge in [0.2, 0.25) is 5.91 Å². The minimum atomic E-state index is -0.597. The van der Waals surface area contributed by atoms with Crippen LogP contribution in [-0.2, 0) is 9.53 Å². The number of carbonyl (C=O) groups excluding carboxylic acids is 2. The number of nitrogens with one attached hydrogen (secondary N) is 2. The highest BCUT2D eigenvalue weighted by Gasteiger charge is 2.42. The Morgan fingerprint density at radius 2 is 1.54 bits per heavy atom. The first-order valence-electron chi connectivity index (χ1n) is 8.95. The van der Waals surface area contributed by atoms with E-state index in [1.54, 1.807) is 0 Å². The van der Waals surface area contributed by atoms with Crippen molar-refractivity contribution in [2.45, 2.75) is 18.3 Å². The number of rotatable bonds is 4. The molecule has 0 heterocycles. The maximum absolute atomic E-state index is 12.0. The maximum Gasteiger partial charge on any atom is 0.407 e. The van der Waals surface area contributed by atoms with Gasteiger partial charge in [-0.2, -0.15) is 0 Å². The topological polar surface area (TPSA) is 67.4 Å². The zero-order chi connectivity index (χ0) is 18.1. The van der Waals surface area contributed by atoms with E-state index in [9.17, 15) is 9.59 Å². The minimum absolute atomic E-state index is 0.0688. The fourth-order valence-corrected chi connectivity index (χ4v) is 4.49. The zero-order valence-corrected chi connectivity index (χ0v) is 14.7. The molecule has 2 aromatic rings. The van der Waals surface area contributed by atoms with Gasteiger partial charge in [-0.25, -0.2) is 4.79 Å². The SMILES string of the molecule is COC(=O)NCC(=O)NCC1CC2c3ccccc3C1c1ccccc12. The Kier molecular flexibility index (Phi) is 4.37. The van der Waals surface area contributed by atoms with Gasteiger partial charge in [0.05, 0.1) is 13.7 Å². The van der Waals surface area contributed by atoms with Gasteiger partial charge in [0.25, 0.3) is 0 Å². The van der Waals surface area contributed by atoms with Gasteiger partial charge >= 0.3 is 6.09 Å². The monoisotopic (exact) mass is 350 g/mol. The molecule has 5 rings (SSSR count). The molecule has 1 unspecified atom stereocenters. The number of hydrogen-bond donors (Lipinski definition) is 2. The lowest BCUT2D eigenvalue weighted by atomic mass is 9.59. The van der Waals surface area contributed by atoms with Crippen molar-refractivity contribution in [1.29, 1.82) is 0 Å². The van der Waals surface area contributed by atoms with Gasteiger partial charge in [-0.15, -0.1) is 0 Å². The summed E-state index contributed by atoms with van der Waals surface area (Å²) in [5.41, 5.74) is 5.61. The molecule has 26 heavy (non-hydrogen) atoms. The van der Waals surface area contributed by atoms with Crippen LogP contribution in [0.5, 0.6) is 0 Å². The molecule has 0 saturated carbocycles. The summed E-state index contributed by atoms with van der Waals surface area (Å²) in [6, 6.07) is 17.3. The lowest BCUT2D eigenvalue weighted by Crippen LogP contribution is -2.42. The molecule has 2 N–H and O–H groups in total. The molecule has 134 valence electrons. The van der Waals surface area contributed by atoms with E-state index in [0.717, 1.165) is 6.42 Å². The molecule has 2 amide bonds. The van der Waals surface area contributed by atoms with Crippen LogP contribution in [0.3, 0.4) is 0 Å². The van der Waals surface area contributed by atoms with E-state index in [4.69, 9.17) is 0 Å². The predicted molar refractivity (Wildman–Crippen MR) is 98.1 cm³/mol. The van der Waals surface area contributed by atoms with E-state index >= 15 is 0 Å². The third-order valence-corrected chi connectivity index (χ3v) is 5.56. The van der Waals surface area contributed by atoms with Gasteiger partial charge in [0.1, 0.15) is 0 Å². The van der Waals surface area contributed by atoms with E-state index in [2.05, 4.69) is 63.9 Å². The number of benzene rings is 2. The molecule has 5 heteroatoms. The highest BCUT2D eigenvalue weighted by atomic mass is 16.5. The molecule has 0 aliphatic heterocycles. The van der Waals surface area contributed by atoms with Gasteiger partial charge in [0, 0.05) is 18.4 Å². The second kappa shape index (κ2) is 6.83. The average molecular weight is 350 g/mol. The Bertz CT molecular complexity index is 801. The van der Waals surface area contributed by atoms with Crippen molar-refractivity contribution in [1.82, 2.24) is 10.6 Å². The van der Waals surface area contributed by atoms with Crippen LogP contribution in [-0.4, -0.2) is 32.2 Å². The quantitative estimate of drug-likeness (QED) is 0.891. The molecule has 3 aliphatic rings. The number of hydrogen-bond acceptors (Lipinski definition) is 3. The normalized spacial score (nSPS) is 22.1. The summed E-state index contributed by atoms with van der Waals surface area (Å²) in [4.78, 5) is 23.1. The largest absolute Gasteiger partial charge is 0.453 e. The zero-order valence-electron chi connectivity index (χ0n) is 14.7. The standard InChI is InChI=1S/C21H22N2O3/c1-26-21(25)23-12-19(24)22-11-13-10-18-14-6-2-4-8-16(14)20(13)17-9-5-3-7-15(17)18/h2-9,13,18,20H,10-12H2,1H3,(H,22,24)(H,23,25). The van der Waals surface area contributed by atoms with Gasteiger partial charge in [-0.05, 0) is 34.6 Å². The number of alkyl carbamates (subject to hydrolysis) is 1. The van der Waals surface area contributed by atoms with Gasteiger partial charge < -0.3 is 15.4 Å². The van der Waals surface area contributed by atoms with Crippen molar-refractivity contribution in [3.63, 3.8) is 0 Å². The third-order valence-electron chi connectivity index (χ3n) is 5.56. The van der Waals surface area contributed by atoms with Gasteiger partial charge in [0.15, 0.2) is 0 Å². The van der Waals surface area contributed by atoms with Gasteiger partial charge in [-0.3, -0.25) is 4.79 Å². The van der Waals surface area contributed by atoms with Crippen LogP contribution >= 0.6 is 0 Å². The Balaban J connectivity index is 1.51. The predicted octanol–water partition coefficient (Wildman–Crippen LogP) is 2.76. The molecule has 2 aromatic carbocycles. The summed E-state index contributed by atoms with van der Waals surface area (Å²) in [6.07, 6.45) is 0.434. The number of methoxy groups -OCH3 is 1. The van der Waals surface area contributed by atoms with Crippen molar-refractivity contribution >= 4 is 12.0 Å². The smallest absolute Gasteiger partial charge is 0.407 e. The Hall–Kier alpha value is -2.82. The summed E-state index contributed by atoms with van der Waals surface area (Å²) >= 11 is 0. The van der Waals surface area contributed by atoms with E-state index in [-0.39, 0.29) is 12.5 Å². The molecule has 2 bridgehead atoms. The van der Waals surface area contributed by atoms with E-state index in [1.807, 2.05) is 0 Å². The average Bonchev–Trinajstić information content (AvgIpc) is 2.70. The molecule has 0 spiro atoms. The van der Waals surface area contributed by atoms with Crippen LogP contribution in [0.4, 0.5) is 4.79 Å². The lowest BCUT2D eigenvalue weighted by Gasteiger charge is -2.45. The van der Waals surface area contributed by atoms with Crippen molar-refractivity contribution in [2.24, 2.45) is 5.92 Å². The molecule has 0 radical (unpaired) electrons. The van der Waals surface area contributed by atoms with Crippen LogP contribution in [0.25, 0.3) is 0 Å². The summed E-state index contributed by atoms with van der Waals surface area (Å²) in [7, 11) is 1.28.